The highest BCUT2D eigenvalue weighted by molar-refractivity contribution is 7.88. The molecule has 1 amide bonds. The number of aliphatic carboxylic acids is 1. The normalized spacial score (nSPS) is 21.7. The molecule has 1 unspecified atom stereocenters. The second-order valence-corrected chi connectivity index (χ2v) is 6.24. The van der Waals surface area contributed by atoms with Gasteiger partial charge in [0.2, 0.25) is 15.9 Å². The van der Waals surface area contributed by atoms with Gasteiger partial charge in [0.05, 0.1) is 19.3 Å². The fraction of sp³-hybridized carbons (Fsp3) is 0.800. The van der Waals surface area contributed by atoms with Crippen LogP contribution in [0.15, 0.2) is 0 Å². The van der Waals surface area contributed by atoms with Crippen molar-refractivity contribution in [3.05, 3.63) is 0 Å². The molecule has 0 aromatic heterocycles. The number of rotatable bonds is 6. The predicted molar refractivity (Wildman–Crippen MR) is 66.0 cm³/mol. The van der Waals surface area contributed by atoms with E-state index in [-0.39, 0.29) is 13.1 Å². The van der Waals surface area contributed by atoms with Gasteiger partial charge in [-0.05, 0) is 0 Å². The summed E-state index contributed by atoms with van der Waals surface area (Å²) < 4.78 is 29.0. The summed E-state index contributed by atoms with van der Waals surface area (Å²) in [6, 6.07) is -1.17. The Morgan fingerprint density at radius 1 is 1.47 bits per heavy atom. The number of carbonyl (C=O) groups is 2. The van der Waals surface area contributed by atoms with Gasteiger partial charge in [0.15, 0.2) is 0 Å². The second-order valence-electron chi connectivity index (χ2n) is 4.31. The van der Waals surface area contributed by atoms with Crippen LogP contribution in [0, 0.1) is 0 Å². The van der Waals surface area contributed by atoms with Gasteiger partial charge in [-0.2, -0.15) is 4.31 Å². The molecule has 1 N–H and O–H groups in total. The summed E-state index contributed by atoms with van der Waals surface area (Å²) in [5, 5.41) is 8.81. The van der Waals surface area contributed by atoms with E-state index < -0.39 is 34.4 Å². The van der Waals surface area contributed by atoms with Crippen molar-refractivity contribution in [1.29, 1.82) is 0 Å². The molecule has 1 heterocycles. The van der Waals surface area contributed by atoms with Crippen LogP contribution < -0.4 is 0 Å². The van der Waals surface area contributed by atoms with Gasteiger partial charge < -0.3 is 14.7 Å². The maximum absolute atomic E-state index is 12.1. The number of methoxy groups -OCH3 is 1. The monoisotopic (exact) mass is 294 g/mol. The smallest absolute Gasteiger partial charge is 0.305 e. The molecule has 0 bridgehead atoms. The van der Waals surface area contributed by atoms with Gasteiger partial charge in [-0.25, -0.2) is 8.42 Å². The second kappa shape index (κ2) is 6.31. The average molecular weight is 294 g/mol. The molecule has 1 aliphatic rings. The lowest BCUT2D eigenvalue weighted by atomic mass is 10.1. The number of piperazine rings is 1. The molecule has 19 heavy (non-hydrogen) atoms. The van der Waals surface area contributed by atoms with Crippen LogP contribution in [0.2, 0.25) is 0 Å². The van der Waals surface area contributed by atoms with Crippen molar-refractivity contribution in [2.24, 2.45) is 0 Å². The highest BCUT2D eigenvalue weighted by Crippen LogP contribution is 2.17. The summed E-state index contributed by atoms with van der Waals surface area (Å²) in [5.41, 5.74) is 0. The van der Waals surface area contributed by atoms with Crippen LogP contribution in [-0.4, -0.2) is 80.3 Å². The molecular formula is C10H18N2O6S. The summed E-state index contributed by atoms with van der Waals surface area (Å²) in [5.74, 6) is -1.70. The maximum Gasteiger partial charge on any atom is 0.305 e. The molecule has 110 valence electrons. The predicted octanol–water partition coefficient (Wildman–Crippen LogP) is -1.42. The van der Waals surface area contributed by atoms with E-state index in [1.807, 2.05) is 0 Å². The zero-order chi connectivity index (χ0) is 14.6. The van der Waals surface area contributed by atoms with Crippen LogP contribution in [0.25, 0.3) is 0 Å². The van der Waals surface area contributed by atoms with Crippen LogP contribution in [0.3, 0.4) is 0 Å². The summed E-state index contributed by atoms with van der Waals surface area (Å²) in [6.07, 6.45) is 0.440. The van der Waals surface area contributed by atoms with Gasteiger partial charge in [0, 0.05) is 26.7 Å². The molecule has 1 atom stereocenters. The number of hydrogen-bond acceptors (Lipinski definition) is 5. The van der Waals surface area contributed by atoms with Gasteiger partial charge >= 0.3 is 5.97 Å². The minimum Gasteiger partial charge on any atom is -0.481 e. The van der Waals surface area contributed by atoms with E-state index in [0.717, 1.165) is 10.6 Å². The van der Waals surface area contributed by atoms with Crippen molar-refractivity contribution >= 4 is 21.9 Å². The van der Waals surface area contributed by atoms with Crippen molar-refractivity contribution in [1.82, 2.24) is 9.21 Å². The van der Waals surface area contributed by atoms with Gasteiger partial charge in [-0.15, -0.1) is 0 Å². The first-order valence-corrected chi connectivity index (χ1v) is 7.58. The van der Waals surface area contributed by atoms with Crippen LogP contribution in [-0.2, 0) is 24.3 Å². The summed E-state index contributed by atoms with van der Waals surface area (Å²) in [6.45, 7) is 0.991. The van der Waals surface area contributed by atoms with Crippen molar-refractivity contribution in [2.75, 3.05) is 39.6 Å². The molecule has 0 radical (unpaired) electrons. The SMILES string of the molecule is COCCN1CCN(S(C)(=O)=O)C(CC(=O)O)C1=O. The molecule has 1 aliphatic heterocycles. The number of carbonyl (C=O) groups excluding carboxylic acids is 1. The molecule has 1 rings (SSSR count). The lowest BCUT2D eigenvalue weighted by Gasteiger charge is -2.38. The largest absolute Gasteiger partial charge is 0.481 e. The first-order valence-electron chi connectivity index (χ1n) is 5.73. The summed E-state index contributed by atoms with van der Waals surface area (Å²) in [4.78, 5) is 24.3. The molecule has 0 aromatic carbocycles. The lowest BCUT2D eigenvalue weighted by molar-refractivity contribution is -0.147. The van der Waals surface area contributed by atoms with Gasteiger partial charge in [0.25, 0.3) is 0 Å². The first-order chi connectivity index (χ1) is 8.77. The van der Waals surface area contributed by atoms with E-state index >= 15 is 0 Å². The summed E-state index contributed by atoms with van der Waals surface area (Å²) >= 11 is 0. The third-order valence-corrected chi connectivity index (χ3v) is 4.18. The average Bonchev–Trinajstić information content (AvgIpc) is 2.28. The van der Waals surface area contributed by atoms with Crippen LogP contribution >= 0.6 is 0 Å². The fourth-order valence-corrected chi connectivity index (χ4v) is 3.03. The highest BCUT2D eigenvalue weighted by Gasteiger charge is 2.40. The number of hydrogen-bond donors (Lipinski definition) is 1. The molecule has 0 spiro atoms. The van der Waals surface area contributed by atoms with Crippen molar-refractivity contribution in [3.8, 4) is 0 Å². The third-order valence-electron chi connectivity index (χ3n) is 2.89. The molecule has 9 heteroatoms. The van der Waals surface area contributed by atoms with E-state index in [1.165, 1.54) is 12.0 Å². The van der Waals surface area contributed by atoms with Gasteiger partial charge in [-0.1, -0.05) is 0 Å². The molecule has 8 nitrogen and oxygen atoms in total. The summed E-state index contributed by atoms with van der Waals surface area (Å²) in [7, 11) is -2.11. The number of amides is 1. The number of sulfonamides is 1. The van der Waals surface area contributed by atoms with E-state index in [9.17, 15) is 18.0 Å². The third kappa shape index (κ3) is 4.15. The van der Waals surface area contributed by atoms with Crippen LogP contribution in [0.5, 0.6) is 0 Å². The molecule has 0 aliphatic carbocycles. The minimum atomic E-state index is -3.61. The Morgan fingerprint density at radius 3 is 2.58 bits per heavy atom. The van der Waals surface area contributed by atoms with Crippen molar-refractivity contribution < 1.29 is 27.9 Å². The van der Waals surface area contributed by atoms with E-state index in [4.69, 9.17) is 9.84 Å². The molecule has 1 saturated heterocycles. The van der Waals surface area contributed by atoms with E-state index in [0.29, 0.717) is 13.2 Å². The van der Waals surface area contributed by atoms with Gasteiger partial charge in [-0.3, -0.25) is 9.59 Å². The highest BCUT2D eigenvalue weighted by atomic mass is 32.2. The number of carboxylic acids is 1. The Bertz CT molecular complexity index is 449. The molecular weight excluding hydrogens is 276 g/mol. The standard InChI is InChI=1S/C10H18N2O6S/c1-18-6-5-11-3-4-12(19(2,16)17)8(10(11)15)7-9(13)14/h8H,3-7H2,1-2H3,(H,13,14). The van der Waals surface area contributed by atoms with E-state index in [1.54, 1.807) is 0 Å². The van der Waals surface area contributed by atoms with Crippen molar-refractivity contribution in [3.63, 3.8) is 0 Å². The molecule has 0 aromatic rings. The Morgan fingerprint density at radius 2 is 2.11 bits per heavy atom. The molecule has 0 saturated carbocycles. The Hall–Kier alpha value is -1.19. The van der Waals surface area contributed by atoms with Gasteiger partial charge in [0.1, 0.15) is 6.04 Å². The van der Waals surface area contributed by atoms with Crippen LogP contribution in [0.4, 0.5) is 0 Å². The number of nitrogens with zero attached hydrogens (tertiary/aromatic N) is 2. The Labute approximate surface area is 112 Å². The van der Waals surface area contributed by atoms with Crippen molar-refractivity contribution in [2.45, 2.75) is 12.5 Å². The maximum atomic E-state index is 12.1. The molecule has 1 fully saturated rings. The zero-order valence-corrected chi connectivity index (χ0v) is 11.7. The first kappa shape index (κ1) is 15.9. The minimum absolute atomic E-state index is 0.103. The Balaban J connectivity index is 2.90. The topological polar surface area (TPSA) is 104 Å². The number of ether oxygens (including phenoxy) is 1. The lowest BCUT2D eigenvalue weighted by Crippen LogP contribution is -2.59. The zero-order valence-electron chi connectivity index (χ0n) is 10.9. The quantitative estimate of drug-likeness (QED) is 0.645. The van der Waals surface area contributed by atoms with E-state index in [2.05, 4.69) is 0 Å². The Kier molecular flexibility index (Phi) is 5.27. The van der Waals surface area contributed by atoms with Crippen LogP contribution in [0.1, 0.15) is 6.42 Å². The fourth-order valence-electron chi connectivity index (χ4n) is 1.99. The number of carboxylic acid groups (broad SMARTS) is 1.